The van der Waals surface area contributed by atoms with E-state index in [0.717, 1.165) is 0 Å². The Kier molecular flexibility index (Phi) is 5.01. The van der Waals surface area contributed by atoms with Crippen molar-refractivity contribution in [3.05, 3.63) is 18.8 Å². The smallest absolute Gasteiger partial charge is 0.403 e. The summed E-state index contributed by atoms with van der Waals surface area (Å²) in [7, 11) is 0. The van der Waals surface area contributed by atoms with E-state index >= 15 is 0 Å². The molecule has 0 aliphatic carbocycles. The van der Waals surface area contributed by atoms with Gasteiger partial charge in [0.2, 0.25) is 5.60 Å². The van der Waals surface area contributed by atoms with Crippen molar-refractivity contribution in [3.8, 4) is 0 Å². The first-order valence-corrected chi connectivity index (χ1v) is 4.10. The van der Waals surface area contributed by atoms with Crippen LogP contribution in [0.4, 0.5) is 9.18 Å². The maximum absolute atomic E-state index is 11.9. The van der Waals surface area contributed by atoms with Crippen molar-refractivity contribution < 1.29 is 19.0 Å². The van der Waals surface area contributed by atoms with Crippen LogP contribution >= 0.6 is 0 Å². The molecule has 0 fully saturated rings. The SMILES string of the molecule is [CH2+]C(C)(C)OC(=O)NC/C(=C\F)CO. The Labute approximate surface area is 82.8 Å². The van der Waals surface area contributed by atoms with Gasteiger partial charge in [-0.05, 0) is 0 Å². The van der Waals surface area contributed by atoms with E-state index in [1.807, 2.05) is 0 Å². The van der Waals surface area contributed by atoms with Gasteiger partial charge in [-0.15, -0.1) is 0 Å². The van der Waals surface area contributed by atoms with Crippen LogP contribution in [0.3, 0.4) is 0 Å². The van der Waals surface area contributed by atoms with Gasteiger partial charge in [0.25, 0.3) is 0 Å². The van der Waals surface area contributed by atoms with Gasteiger partial charge >= 0.3 is 6.09 Å². The van der Waals surface area contributed by atoms with Crippen LogP contribution in [0, 0.1) is 6.92 Å². The lowest BCUT2D eigenvalue weighted by Crippen LogP contribution is -2.34. The second kappa shape index (κ2) is 5.49. The number of aliphatic hydroxyl groups is 1. The number of rotatable bonds is 4. The lowest BCUT2D eigenvalue weighted by Gasteiger charge is -2.13. The van der Waals surface area contributed by atoms with Crippen LogP contribution in [-0.2, 0) is 4.74 Å². The van der Waals surface area contributed by atoms with Crippen LogP contribution in [0.15, 0.2) is 11.9 Å². The third kappa shape index (κ3) is 6.30. The van der Waals surface area contributed by atoms with E-state index in [-0.39, 0.29) is 18.4 Å². The van der Waals surface area contributed by atoms with Crippen LogP contribution in [0.1, 0.15) is 13.8 Å². The molecular formula is C9H15FNO3+. The van der Waals surface area contributed by atoms with Gasteiger partial charge in [0.1, 0.15) is 6.92 Å². The molecule has 0 atom stereocenters. The number of nitrogens with one attached hydrogen (secondary N) is 1. The minimum absolute atomic E-state index is 0.0730. The molecule has 0 heterocycles. The van der Waals surface area contributed by atoms with E-state index in [2.05, 4.69) is 12.2 Å². The highest BCUT2D eigenvalue weighted by molar-refractivity contribution is 5.68. The average molecular weight is 204 g/mol. The Hall–Kier alpha value is -1.23. The molecule has 0 unspecified atom stereocenters. The average Bonchev–Trinajstić information content (AvgIpc) is 2.03. The van der Waals surface area contributed by atoms with Crippen molar-refractivity contribution in [3.63, 3.8) is 0 Å². The zero-order valence-corrected chi connectivity index (χ0v) is 8.34. The number of halogens is 1. The molecule has 0 bridgehead atoms. The number of amides is 1. The number of alkyl carbamates (subject to hydrolysis) is 1. The summed E-state index contributed by atoms with van der Waals surface area (Å²) in [5.41, 5.74) is -0.757. The number of hydrogen-bond acceptors (Lipinski definition) is 3. The lowest BCUT2D eigenvalue weighted by molar-refractivity contribution is 0.0707. The summed E-state index contributed by atoms with van der Waals surface area (Å²) in [5.74, 6) is 0. The van der Waals surface area contributed by atoms with Crippen molar-refractivity contribution in [2.75, 3.05) is 13.2 Å². The third-order valence-corrected chi connectivity index (χ3v) is 1.19. The zero-order valence-electron chi connectivity index (χ0n) is 8.34. The van der Waals surface area contributed by atoms with E-state index in [9.17, 15) is 9.18 Å². The predicted molar refractivity (Wildman–Crippen MR) is 50.2 cm³/mol. The highest BCUT2D eigenvalue weighted by Crippen LogP contribution is 2.05. The van der Waals surface area contributed by atoms with Crippen LogP contribution in [0.25, 0.3) is 0 Å². The van der Waals surface area contributed by atoms with Crippen LogP contribution in [-0.4, -0.2) is 30.0 Å². The topological polar surface area (TPSA) is 58.6 Å². The first-order chi connectivity index (χ1) is 6.39. The minimum Gasteiger partial charge on any atom is -0.403 e. The van der Waals surface area contributed by atoms with Crippen molar-refractivity contribution >= 4 is 6.09 Å². The fourth-order valence-corrected chi connectivity index (χ4v) is 0.602. The van der Waals surface area contributed by atoms with Crippen molar-refractivity contribution in [2.24, 2.45) is 0 Å². The molecule has 1 amide bonds. The number of aliphatic hydroxyl groups excluding tert-OH is 1. The normalized spacial score (nSPS) is 12.4. The molecule has 0 aromatic rings. The Bertz CT molecular complexity index is 221. The molecule has 0 saturated heterocycles. The van der Waals surface area contributed by atoms with E-state index < -0.39 is 18.3 Å². The van der Waals surface area contributed by atoms with E-state index in [1.54, 1.807) is 13.8 Å². The quantitative estimate of drug-likeness (QED) is 0.676. The Balaban J connectivity index is 3.86. The molecule has 0 aromatic heterocycles. The van der Waals surface area contributed by atoms with Gasteiger partial charge in [-0.2, -0.15) is 0 Å². The summed E-state index contributed by atoms with van der Waals surface area (Å²) >= 11 is 0. The predicted octanol–water partition coefficient (Wildman–Crippen LogP) is 1.17. The summed E-state index contributed by atoms with van der Waals surface area (Å²) in [4.78, 5) is 11.0. The third-order valence-electron chi connectivity index (χ3n) is 1.19. The first kappa shape index (κ1) is 12.8. The summed E-state index contributed by atoms with van der Waals surface area (Å²) in [6.07, 6.45) is -0.451. The molecule has 0 aliphatic heterocycles. The minimum atomic E-state index is -0.830. The molecule has 80 valence electrons. The molecule has 4 nitrogen and oxygen atoms in total. The summed E-state index contributed by atoms with van der Waals surface area (Å²) < 4.78 is 16.7. The second-order valence-electron chi connectivity index (χ2n) is 3.43. The maximum Gasteiger partial charge on any atom is 0.411 e. The van der Waals surface area contributed by atoms with Gasteiger partial charge in [0, 0.05) is 26.0 Å². The molecule has 0 saturated carbocycles. The largest absolute Gasteiger partial charge is 0.411 e. The molecule has 0 aliphatic rings. The Morgan fingerprint density at radius 3 is 2.64 bits per heavy atom. The molecule has 0 radical (unpaired) electrons. The fourth-order valence-electron chi connectivity index (χ4n) is 0.602. The standard InChI is InChI=1S/C9H14FNO3/c1-9(2,3)14-8(13)11-5-7(4-10)6-12/h4,12H,1,5-6H2,2-3H3/p+1/b7-4+. The molecule has 0 spiro atoms. The van der Waals surface area contributed by atoms with Crippen molar-refractivity contribution in [1.29, 1.82) is 0 Å². The van der Waals surface area contributed by atoms with Crippen molar-refractivity contribution in [1.82, 2.24) is 5.32 Å². The van der Waals surface area contributed by atoms with Gasteiger partial charge in [-0.3, -0.25) is 0 Å². The Morgan fingerprint density at radius 1 is 1.71 bits per heavy atom. The Morgan fingerprint density at radius 2 is 2.29 bits per heavy atom. The molecular weight excluding hydrogens is 189 g/mol. The summed E-state index contributed by atoms with van der Waals surface area (Å²) in [6.45, 7) is 6.27. The number of carbonyl (C=O) groups is 1. The summed E-state index contributed by atoms with van der Waals surface area (Å²) in [5, 5.41) is 10.8. The zero-order chi connectivity index (χ0) is 11.2. The van der Waals surface area contributed by atoms with Gasteiger partial charge in [0.05, 0.1) is 12.9 Å². The van der Waals surface area contributed by atoms with Gasteiger partial charge < -0.3 is 15.2 Å². The van der Waals surface area contributed by atoms with Gasteiger partial charge in [-0.25, -0.2) is 9.18 Å². The fraction of sp³-hybridized carbons (Fsp3) is 0.556. The highest BCUT2D eigenvalue weighted by Gasteiger charge is 2.22. The molecule has 14 heavy (non-hydrogen) atoms. The van der Waals surface area contributed by atoms with E-state index in [0.29, 0.717) is 0 Å². The van der Waals surface area contributed by atoms with Crippen LogP contribution in [0.5, 0.6) is 0 Å². The summed E-state index contributed by atoms with van der Waals surface area (Å²) in [6, 6.07) is 0. The molecule has 2 N–H and O–H groups in total. The van der Waals surface area contributed by atoms with E-state index in [4.69, 9.17) is 9.84 Å². The van der Waals surface area contributed by atoms with E-state index in [1.165, 1.54) is 0 Å². The van der Waals surface area contributed by atoms with Gasteiger partial charge in [-0.1, -0.05) is 0 Å². The van der Waals surface area contributed by atoms with Crippen molar-refractivity contribution in [2.45, 2.75) is 19.4 Å². The first-order valence-electron chi connectivity index (χ1n) is 4.10. The second-order valence-corrected chi connectivity index (χ2v) is 3.43. The molecule has 0 aromatic carbocycles. The maximum atomic E-state index is 11.9. The number of ether oxygens (including phenoxy) is 1. The van der Waals surface area contributed by atoms with Crippen LogP contribution in [0.2, 0.25) is 0 Å². The molecule has 5 heteroatoms. The molecule has 0 rings (SSSR count). The lowest BCUT2D eigenvalue weighted by atomic mass is 10.2. The highest BCUT2D eigenvalue weighted by atomic mass is 19.1. The van der Waals surface area contributed by atoms with Crippen LogP contribution < -0.4 is 5.32 Å². The number of hydrogen-bond donors (Lipinski definition) is 2. The monoisotopic (exact) mass is 204 g/mol. The number of carbonyl (C=O) groups excluding carboxylic acids is 1. The van der Waals surface area contributed by atoms with Gasteiger partial charge in [0.15, 0.2) is 0 Å².